The zero-order valence-electron chi connectivity index (χ0n) is 4.51. The molecule has 0 aliphatic carbocycles. The zero-order chi connectivity index (χ0) is 7.33. The molecule has 9 heavy (non-hydrogen) atoms. The van der Waals surface area contributed by atoms with Crippen molar-refractivity contribution in [2.24, 2.45) is 0 Å². The van der Waals surface area contributed by atoms with E-state index >= 15 is 0 Å². The highest BCUT2D eigenvalue weighted by molar-refractivity contribution is 14.1. The smallest absolute Gasteiger partial charge is 0.268 e. The summed E-state index contributed by atoms with van der Waals surface area (Å²) in [7, 11) is -3.28. The summed E-state index contributed by atoms with van der Waals surface area (Å²) >= 11 is 6.89. The van der Waals surface area contributed by atoms with Gasteiger partial charge in [0.15, 0.2) is 0 Å². The van der Waals surface area contributed by atoms with Gasteiger partial charge in [0.1, 0.15) is 3.76 Å². The minimum Gasteiger partial charge on any atom is -0.268 e. The van der Waals surface area contributed by atoms with Crippen molar-refractivity contribution in [3.05, 3.63) is 0 Å². The molecule has 0 amide bonds. The number of rotatable bonds is 4. The molecule has 6 heteroatoms. The highest BCUT2D eigenvalue weighted by Gasteiger charge is 2.05. The average molecular weight is 285 g/mol. The van der Waals surface area contributed by atoms with Gasteiger partial charge in [-0.25, -0.2) is 0 Å². The predicted octanol–water partition coefficient (Wildman–Crippen LogP) is 0.964. The van der Waals surface area contributed by atoms with Gasteiger partial charge >= 0.3 is 0 Å². The Kier molecular flexibility index (Phi) is 5.19. The molecule has 0 fully saturated rings. The first-order chi connectivity index (χ1) is 4.12. The highest BCUT2D eigenvalue weighted by Crippen LogP contribution is 1.97. The molecule has 0 saturated carbocycles. The Morgan fingerprint density at radius 3 is 2.44 bits per heavy atom. The van der Waals surface area contributed by atoms with Gasteiger partial charge < -0.3 is 0 Å². The fourth-order valence-corrected chi connectivity index (χ4v) is 1.30. The maximum Gasteiger partial charge on any atom is 0.276 e. The molecule has 0 spiro atoms. The van der Waals surface area contributed by atoms with Crippen LogP contribution in [0, 0.1) is 0 Å². The normalized spacial score (nSPS) is 11.8. The quantitative estimate of drug-likeness (QED) is 0.439. The van der Waals surface area contributed by atoms with Crippen LogP contribution in [-0.4, -0.2) is 24.7 Å². The van der Waals surface area contributed by atoms with E-state index in [2.05, 4.69) is 4.18 Å². The maximum atomic E-state index is 10.5. The summed E-state index contributed by atoms with van der Waals surface area (Å²) in [5.74, 6) is 0.204. The molecule has 0 aromatic rings. The molecule has 0 unspecified atom stereocenters. The minimum absolute atomic E-state index is 0.0261. The Hall–Kier alpha value is 0.930. The van der Waals surface area contributed by atoms with Crippen molar-refractivity contribution in [1.82, 2.24) is 0 Å². The summed E-state index contributed by atoms with van der Waals surface area (Å²) in [6, 6.07) is 0. The third-order valence-electron chi connectivity index (χ3n) is 0.474. The van der Waals surface area contributed by atoms with Crippen LogP contribution in [0.25, 0.3) is 0 Å². The van der Waals surface area contributed by atoms with Crippen LogP contribution in [0.3, 0.4) is 0 Å². The molecule has 0 N–H and O–H groups in total. The van der Waals surface area contributed by atoms with Crippen molar-refractivity contribution >= 4 is 44.3 Å². The van der Waals surface area contributed by atoms with Crippen LogP contribution in [0.5, 0.6) is 0 Å². The van der Waals surface area contributed by atoms with Gasteiger partial charge in [-0.15, -0.1) is 11.6 Å². The monoisotopic (exact) mass is 284 g/mol. The molecule has 0 aliphatic heterocycles. The molecule has 0 bridgehead atoms. The minimum atomic E-state index is -3.28. The van der Waals surface area contributed by atoms with Gasteiger partial charge in [-0.05, 0) is 0 Å². The lowest BCUT2D eigenvalue weighted by atomic mass is 10.9. The number of alkyl halides is 2. The van der Waals surface area contributed by atoms with Gasteiger partial charge in [0.25, 0.3) is 10.1 Å². The SMILES string of the molecule is O=S(=O)(CI)OCCCl. The average Bonchev–Trinajstić information content (AvgIpc) is 1.84. The molecule has 0 radical (unpaired) electrons. The Morgan fingerprint density at radius 1 is 1.56 bits per heavy atom. The van der Waals surface area contributed by atoms with E-state index in [9.17, 15) is 8.42 Å². The summed E-state index contributed by atoms with van der Waals surface area (Å²) in [4.78, 5) is 0. The summed E-state index contributed by atoms with van der Waals surface area (Å²) in [6.07, 6.45) is 0. The second kappa shape index (κ2) is 4.70. The number of hydrogen-bond donors (Lipinski definition) is 0. The molecule has 0 saturated heterocycles. The van der Waals surface area contributed by atoms with E-state index in [1.54, 1.807) is 22.6 Å². The van der Waals surface area contributed by atoms with Crippen LogP contribution in [0.4, 0.5) is 0 Å². The van der Waals surface area contributed by atoms with E-state index < -0.39 is 10.1 Å². The van der Waals surface area contributed by atoms with Crippen LogP contribution in [0.15, 0.2) is 0 Å². The Bertz CT molecular complexity index is 154. The fourth-order valence-electron chi connectivity index (χ4n) is 0.190. The van der Waals surface area contributed by atoms with Crippen molar-refractivity contribution in [2.75, 3.05) is 16.2 Å². The van der Waals surface area contributed by atoms with Crippen molar-refractivity contribution in [1.29, 1.82) is 0 Å². The van der Waals surface area contributed by atoms with E-state index in [4.69, 9.17) is 11.6 Å². The molecule has 0 atom stereocenters. The van der Waals surface area contributed by atoms with Crippen molar-refractivity contribution in [3.63, 3.8) is 0 Å². The first-order valence-corrected chi connectivity index (χ1v) is 5.75. The summed E-state index contributed by atoms with van der Waals surface area (Å²) in [6.45, 7) is 0.0624. The molecule has 0 aromatic heterocycles. The molecule has 0 aromatic carbocycles. The molecule has 0 heterocycles. The third kappa shape index (κ3) is 5.38. The Morgan fingerprint density at radius 2 is 2.11 bits per heavy atom. The standard InChI is InChI=1S/C3H6ClIO3S/c4-1-2-8-9(6,7)3-5/h1-3H2. The summed E-state index contributed by atoms with van der Waals surface area (Å²) in [5, 5.41) is 0. The van der Waals surface area contributed by atoms with Crippen LogP contribution in [0.1, 0.15) is 0 Å². The topological polar surface area (TPSA) is 43.4 Å². The second-order valence-electron chi connectivity index (χ2n) is 1.18. The predicted molar refractivity (Wildman–Crippen MR) is 44.5 cm³/mol. The van der Waals surface area contributed by atoms with Gasteiger partial charge in [0.05, 0.1) is 6.61 Å². The van der Waals surface area contributed by atoms with E-state index in [0.717, 1.165) is 0 Å². The first-order valence-electron chi connectivity index (χ1n) is 2.11. The lowest BCUT2D eigenvalue weighted by Crippen LogP contribution is -2.07. The van der Waals surface area contributed by atoms with E-state index in [-0.39, 0.29) is 16.2 Å². The third-order valence-corrected chi connectivity index (χ3v) is 3.71. The largest absolute Gasteiger partial charge is 0.276 e. The van der Waals surface area contributed by atoms with Crippen LogP contribution in [-0.2, 0) is 14.3 Å². The van der Waals surface area contributed by atoms with Crippen LogP contribution in [0.2, 0.25) is 0 Å². The molecule has 0 rings (SSSR count). The van der Waals surface area contributed by atoms with Crippen molar-refractivity contribution in [3.8, 4) is 0 Å². The number of halogens is 2. The summed E-state index contributed by atoms with van der Waals surface area (Å²) < 4.78 is 25.3. The Balaban J connectivity index is 3.61. The lowest BCUT2D eigenvalue weighted by Gasteiger charge is -1.96. The molecular weight excluding hydrogens is 278 g/mol. The molecular formula is C3H6ClIO3S. The van der Waals surface area contributed by atoms with Crippen molar-refractivity contribution in [2.45, 2.75) is 0 Å². The van der Waals surface area contributed by atoms with E-state index in [1.807, 2.05) is 0 Å². The Labute approximate surface area is 73.0 Å². The number of hydrogen-bond acceptors (Lipinski definition) is 3. The summed E-state index contributed by atoms with van der Waals surface area (Å²) in [5.41, 5.74) is 0. The van der Waals surface area contributed by atoms with Crippen LogP contribution < -0.4 is 0 Å². The van der Waals surface area contributed by atoms with Gasteiger partial charge in [-0.1, -0.05) is 22.6 Å². The first kappa shape index (κ1) is 9.93. The second-order valence-corrected chi connectivity index (χ2v) is 4.99. The van der Waals surface area contributed by atoms with Gasteiger partial charge in [-0.3, -0.25) is 4.18 Å². The lowest BCUT2D eigenvalue weighted by molar-refractivity contribution is 0.344. The highest BCUT2D eigenvalue weighted by atomic mass is 127. The fraction of sp³-hybridized carbons (Fsp3) is 1.00. The maximum absolute atomic E-state index is 10.5. The molecule has 0 aliphatic rings. The van der Waals surface area contributed by atoms with E-state index in [0.29, 0.717) is 0 Å². The molecule has 56 valence electrons. The van der Waals surface area contributed by atoms with Gasteiger partial charge in [0, 0.05) is 5.88 Å². The van der Waals surface area contributed by atoms with Crippen molar-refractivity contribution < 1.29 is 12.6 Å². The van der Waals surface area contributed by atoms with Gasteiger partial charge in [0.2, 0.25) is 0 Å². The van der Waals surface area contributed by atoms with Gasteiger partial charge in [-0.2, -0.15) is 8.42 Å². The zero-order valence-corrected chi connectivity index (χ0v) is 8.24. The van der Waals surface area contributed by atoms with E-state index in [1.165, 1.54) is 0 Å². The molecule has 3 nitrogen and oxygen atoms in total. The van der Waals surface area contributed by atoms with Crippen LogP contribution >= 0.6 is 34.2 Å².